The maximum absolute atomic E-state index is 12.3. The molecule has 1 amide bonds. The van der Waals surface area contributed by atoms with E-state index in [1.54, 1.807) is 6.07 Å². The molecule has 19 heavy (non-hydrogen) atoms. The number of rotatable bonds is 3. The van der Waals surface area contributed by atoms with Gasteiger partial charge in [0.25, 0.3) is 5.91 Å². The summed E-state index contributed by atoms with van der Waals surface area (Å²) in [5, 5.41) is 2.90. The molecule has 0 atom stereocenters. The van der Waals surface area contributed by atoms with E-state index >= 15 is 0 Å². The number of nitrogens with zero attached hydrogens (tertiary/aromatic N) is 1. The van der Waals surface area contributed by atoms with Gasteiger partial charge in [0, 0.05) is 21.5 Å². The summed E-state index contributed by atoms with van der Waals surface area (Å²) in [5.74, 6) is -0.107. The molecule has 0 aliphatic heterocycles. The van der Waals surface area contributed by atoms with Gasteiger partial charge in [-0.25, -0.2) is 0 Å². The number of hydrogen-bond donors (Lipinski definition) is 2. The zero-order valence-corrected chi connectivity index (χ0v) is 12.4. The molecule has 1 aliphatic carbocycles. The van der Waals surface area contributed by atoms with Crippen LogP contribution in [-0.4, -0.2) is 10.5 Å². The minimum Gasteiger partial charge on any atom is -0.397 e. The highest BCUT2D eigenvalue weighted by Crippen LogP contribution is 2.37. The van der Waals surface area contributed by atoms with Crippen molar-refractivity contribution in [3.63, 3.8) is 0 Å². The minimum atomic E-state index is -0.107. The second kappa shape index (κ2) is 4.88. The maximum atomic E-state index is 12.3. The van der Waals surface area contributed by atoms with Crippen molar-refractivity contribution < 1.29 is 4.79 Å². The monoisotopic (exact) mass is 367 g/mol. The van der Waals surface area contributed by atoms with Crippen LogP contribution in [0.25, 0.3) is 0 Å². The third-order valence-electron chi connectivity index (χ3n) is 3.14. The molecule has 1 aromatic carbocycles. The van der Waals surface area contributed by atoms with Crippen LogP contribution in [-0.2, 0) is 0 Å². The van der Waals surface area contributed by atoms with Gasteiger partial charge in [-0.15, -0.1) is 0 Å². The first-order valence-electron chi connectivity index (χ1n) is 6.18. The third kappa shape index (κ3) is 2.75. The molecule has 3 N–H and O–H groups in total. The van der Waals surface area contributed by atoms with Crippen molar-refractivity contribution in [1.82, 2.24) is 4.57 Å². The van der Waals surface area contributed by atoms with Gasteiger partial charge < -0.3 is 15.6 Å². The summed E-state index contributed by atoms with van der Waals surface area (Å²) in [6.45, 7) is 0. The molecule has 3 rings (SSSR count). The van der Waals surface area contributed by atoms with Crippen molar-refractivity contribution in [3.8, 4) is 0 Å². The van der Waals surface area contributed by atoms with Crippen LogP contribution >= 0.6 is 22.6 Å². The van der Waals surface area contributed by atoms with Crippen molar-refractivity contribution >= 4 is 39.9 Å². The van der Waals surface area contributed by atoms with Crippen molar-refractivity contribution in [1.29, 1.82) is 0 Å². The lowest BCUT2D eigenvalue weighted by Crippen LogP contribution is -2.16. The van der Waals surface area contributed by atoms with Gasteiger partial charge >= 0.3 is 0 Å². The van der Waals surface area contributed by atoms with Crippen molar-refractivity contribution in [3.05, 3.63) is 45.8 Å². The average molecular weight is 367 g/mol. The Morgan fingerprint density at radius 3 is 2.63 bits per heavy atom. The lowest BCUT2D eigenvalue weighted by atomic mass is 10.3. The fourth-order valence-corrected chi connectivity index (χ4v) is 2.43. The SMILES string of the molecule is Nc1cc(C(=O)Nc2ccc(I)cc2)n(C2CC2)c1. The number of amides is 1. The second-order valence-corrected chi connectivity index (χ2v) is 6.00. The van der Waals surface area contributed by atoms with Gasteiger partial charge in [0.05, 0.1) is 5.69 Å². The summed E-state index contributed by atoms with van der Waals surface area (Å²) in [6.07, 6.45) is 4.09. The number of hydrogen-bond acceptors (Lipinski definition) is 2. The molecule has 0 saturated heterocycles. The Morgan fingerprint density at radius 1 is 1.32 bits per heavy atom. The Bertz CT molecular complexity index is 614. The second-order valence-electron chi connectivity index (χ2n) is 4.76. The van der Waals surface area contributed by atoms with E-state index < -0.39 is 0 Å². The highest BCUT2D eigenvalue weighted by atomic mass is 127. The van der Waals surface area contributed by atoms with E-state index in [0.29, 0.717) is 17.4 Å². The smallest absolute Gasteiger partial charge is 0.272 e. The van der Waals surface area contributed by atoms with Gasteiger partial charge in [-0.2, -0.15) is 0 Å². The van der Waals surface area contributed by atoms with Crippen LogP contribution in [0.5, 0.6) is 0 Å². The predicted molar refractivity (Wildman–Crippen MR) is 84.2 cm³/mol. The summed E-state index contributed by atoms with van der Waals surface area (Å²) < 4.78 is 3.12. The molecular weight excluding hydrogens is 353 g/mol. The fourth-order valence-electron chi connectivity index (χ4n) is 2.07. The number of aromatic nitrogens is 1. The van der Waals surface area contributed by atoms with Gasteiger partial charge in [0.1, 0.15) is 5.69 Å². The van der Waals surface area contributed by atoms with E-state index in [1.807, 2.05) is 35.0 Å². The van der Waals surface area contributed by atoms with Gasteiger partial charge in [-0.3, -0.25) is 4.79 Å². The van der Waals surface area contributed by atoms with E-state index in [1.165, 1.54) is 0 Å². The summed E-state index contributed by atoms with van der Waals surface area (Å²) in [4.78, 5) is 12.3. The highest BCUT2D eigenvalue weighted by Gasteiger charge is 2.27. The Morgan fingerprint density at radius 2 is 2.00 bits per heavy atom. The largest absolute Gasteiger partial charge is 0.397 e. The molecule has 1 aliphatic rings. The van der Waals surface area contributed by atoms with Crippen LogP contribution in [0.1, 0.15) is 29.4 Å². The highest BCUT2D eigenvalue weighted by molar-refractivity contribution is 14.1. The predicted octanol–water partition coefficient (Wildman–Crippen LogP) is 3.26. The Kier molecular flexibility index (Phi) is 3.22. The molecule has 0 unspecified atom stereocenters. The topological polar surface area (TPSA) is 60.1 Å². The summed E-state index contributed by atoms with van der Waals surface area (Å²) >= 11 is 2.23. The number of carbonyl (C=O) groups excluding carboxylic acids is 1. The van der Waals surface area contributed by atoms with Crippen LogP contribution in [0.15, 0.2) is 36.5 Å². The number of nitrogens with two attached hydrogens (primary N) is 1. The Labute approximate surface area is 125 Å². The number of benzene rings is 1. The molecule has 1 aromatic heterocycles. The molecule has 0 bridgehead atoms. The molecule has 4 nitrogen and oxygen atoms in total. The zero-order chi connectivity index (χ0) is 13.4. The molecule has 98 valence electrons. The third-order valence-corrected chi connectivity index (χ3v) is 3.86. The first-order valence-corrected chi connectivity index (χ1v) is 7.25. The maximum Gasteiger partial charge on any atom is 0.272 e. The van der Waals surface area contributed by atoms with Gasteiger partial charge in [-0.1, -0.05) is 0 Å². The van der Waals surface area contributed by atoms with Crippen LogP contribution < -0.4 is 11.1 Å². The molecule has 1 heterocycles. The van der Waals surface area contributed by atoms with Gasteiger partial charge in [0.2, 0.25) is 0 Å². The quantitative estimate of drug-likeness (QED) is 0.819. The zero-order valence-electron chi connectivity index (χ0n) is 10.3. The lowest BCUT2D eigenvalue weighted by Gasteiger charge is -2.08. The average Bonchev–Trinajstić information content (AvgIpc) is 3.15. The van der Waals surface area contributed by atoms with E-state index in [-0.39, 0.29) is 5.91 Å². The summed E-state index contributed by atoms with van der Waals surface area (Å²) in [7, 11) is 0. The first kappa shape index (κ1) is 12.5. The van der Waals surface area contributed by atoms with Crippen LogP contribution in [0.3, 0.4) is 0 Å². The van der Waals surface area contributed by atoms with Crippen molar-refractivity contribution in [2.75, 3.05) is 11.1 Å². The number of carbonyl (C=O) groups is 1. The molecule has 0 radical (unpaired) electrons. The molecular formula is C14H14IN3O. The molecule has 5 heteroatoms. The molecule has 1 saturated carbocycles. The van der Waals surface area contributed by atoms with Crippen molar-refractivity contribution in [2.24, 2.45) is 0 Å². The number of halogens is 1. The van der Waals surface area contributed by atoms with Crippen LogP contribution in [0.4, 0.5) is 11.4 Å². The van der Waals surface area contributed by atoms with Crippen LogP contribution in [0, 0.1) is 3.57 Å². The molecule has 2 aromatic rings. The van der Waals surface area contributed by atoms with Gasteiger partial charge in [0.15, 0.2) is 0 Å². The van der Waals surface area contributed by atoms with E-state index in [9.17, 15) is 4.79 Å². The number of nitrogen functional groups attached to an aromatic ring is 1. The first-order chi connectivity index (χ1) is 9.13. The van der Waals surface area contributed by atoms with Crippen LogP contribution in [0.2, 0.25) is 0 Å². The van der Waals surface area contributed by atoms with E-state index in [4.69, 9.17) is 5.73 Å². The van der Waals surface area contributed by atoms with E-state index in [2.05, 4.69) is 27.9 Å². The number of nitrogens with one attached hydrogen (secondary N) is 1. The minimum absolute atomic E-state index is 0.107. The Balaban J connectivity index is 1.82. The van der Waals surface area contributed by atoms with Gasteiger partial charge in [-0.05, 0) is 65.8 Å². The lowest BCUT2D eigenvalue weighted by molar-refractivity contribution is 0.101. The van der Waals surface area contributed by atoms with E-state index in [0.717, 1.165) is 22.1 Å². The molecule has 0 spiro atoms. The van der Waals surface area contributed by atoms with Crippen molar-refractivity contribution in [2.45, 2.75) is 18.9 Å². The fraction of sp³-hybridized carbons (Fsp3) is 0.214. The standard InChI is InChI=1S/C14H14IN3O/c15-9-1-3-11(4-2-9)17-14(19)13-7-10(16)8-18(13)12-5-6-12/h1-4,7-8,12H,5-6,16H2,(H,17,19). The summed E-state index contributed by atoms with van der Waals surface area (Å²) in [6, 6.07) is 9.89. The summed E-state index contributed by atoms with van der Waals surface area (Å²) in [5.41, 5.74) is 7.87. The molecule has 1 fully saturated rings. The Hall–Kier alpha value is -1.50. The normalized spacial score (nSPS) is 14.4. The number of anilines is 2.